The van der Waals surface area contributed by atoms with E-state index in [0.29, 0.717) is 17.8 Å². The highest BCUT2D eigenvalue weighted by atomic mass is 32.1. The van der Waals surface area contributed by atoms with Crippen LogP contribution in [0.25, 0.3) is 10.9 Å². The Labute approximate surface area is 153 Å². The van der Waals surface area contributed by atoms with Crippen LogP contribution in [-0.4, -0.2) is 14.9 Å². The Balaban J connectivity index is 1.62. The van der Waals surface area contributed by atoms with E-state index < -0.39 is 0 Å². The van der Waals surface area contributed by atoms with E-state index in [9.17, 15) is 4.79 Å². The third kappa shape index (κ3) is 3.87. The molecule has 4 rings (SSSR count). The van der Waals surface area contributed by atoms with Gasteiger partial charge in [-0.25, -0.2) is 4.98 Å². The molecule has 0 amide bonds. The van der Waals surface area contributed by atoms with E-state index in [4.69, 9.17) is 0 Å². The van der Waals surface area contributed by atoms with Gasteiger partial charge in [-0.2, -0.15) is 0 Å². The zero-order valence-electron chi connectivity index (χ0n) is 13.5. The van der Waals surface area contributed by atoms with E-state index in [1.807, 2.05) is 18.2 Å². The molecule has 1 N–H and O–H groups in total. The fourth-order valence-electron chi connectivity index (χ4n) is 2.84. The predicted molar refractivity (Wildman–Crippen MR) is 104 cm³/mol. The zero-order valence-corrected chi connectivity index (χ0v) is 15.1. The molecule has 0 aliphatic heterocycles. The maximum atomic E-state index is 12.3. The third-order valence-corrected chi connectivity index (χ3v) is 5.68. The predicted octanol–water partition coefficient (Wildman–Crippen LogP) is 4.25. The minimum Gasteiger partial charge on any atom is -0.309 e. The summed E-state index contributed by atoms with van der Waals surface area (Å²) in [5, 5.41) is 4.82. The molecule has 3 aromatic heterocycles. The van der Waals surface area contributed by atoms with Crippen LogP contribution in [0.15, 0.2) is 64.1 Å². The Kier molecular flexibility index (Phi) is 4.74. The molecule has 0 aliphatic rings. The van der Waals surface area contributed by atoms with E-state index in [1.54, 1.807) is 28.7 Å². The molecule has 1 aromatic carbocycles. The van der Waals surface area contributed by atoms with Gasteiger partial charge < -0.3 is 4.98 Å². The first kappa shape index (κ1) is 16.2. The van der Waals surface area contributed by atoms with Gasteiger partial charge in [0.2, 0.25) is 0 Å². The Morgan fingerprint density at radius 2 is 1.56 bits per heavy atom. The molecule has 3 heterocycles. The molecule has 126 valence electrons. The summed E-state index contributed by atoms with van der Waals surface area (Å²) in [7, 11) is 0. The van der Waals surface area contributed by atoms with Crippen LogP contribution in [0.2, 0.25) is 0 Å². The van der Waals surface area contributed by atoms with Gasteiger partial charge in [0.15, 0.2) is 0 Å². The van der Waals surface area contributed by atoms with Crippen molar-refractivity contribution in [2.24, 2.45) is 0 Å². The summed E-state index contributed by atoms with van der Waals surface area (Å²) in [4.78, 5) is 24.8. The van der Waals surface area contributed by atoms with Gasteiger partial charge in [-0.15, -0.1) is 22.7 Å². The van der Waals surface area contributed by atoms with E-state index in [2.05, 4.69) is 49.9 Å². The minimum absolute atomic E-state index is 0.0761. The molecule has 25 heavy (non-hydrogen) atoms. The summed E-state index contributed by atoms with van der Waals surface area (Å²) in [6, 6.07) is 15.9. The molecular weight excluding hydrogens is 350 g/mol. The first-order chi connectivity index (χ1) is 12.3. The lowest BCUT2D eigenvalue weighted by atomic mass is 10.2. The number of hydrogen-bond donors (Lipinski definition) is 1. The van der Waals surface area contributed by atoms with Gasteiger partial charge in [0.1, 0.15) is 5.82 Å². The number of aromatic amines is 1. The second kappa shape index (κ2) is 7.31. The molecule has 0 bridgehead atoms. The Bertz CT molecular complexity index is 971. The van der Waals surface area contributed by atoms with E-state index in [0.717, 1.165) is 18.6 Å². The summed E-state index contributed by atoms with van der Waals surface area (Å²) in [5.41, 5.74) is 0.668. The van der Waals surface area contributed by atoms with Gasteiger partial charge >= 0.3 is 0 Å². The molecule has 0 spiro atoms. The summed E-state index contributed by atoms with van der Waals surface area (Å²) in [6.07, 6.45) is 0. The zero-order chi connectivity index (χ0) is 17.1. The first-order valence-corrected chi connectivity index (χ1v) is 9.79. The number of thiophene rings is 2. The number of aromatic nitrogens is 2. The molecule has 0 radical (unpaired) electrons. The average Bonchev–Trinajstić information content (AvgIpc) is 3.29. The van der Waals surface area contributed by atoms with E-state index in [1.165, 1.54) is 9.75 Å². The fourth-order valence-corrected chi connectivity index (χ4v) is 4.33. The monoisotopic (exact) mass is 367 g/mol. The Morgan fingerprint density at radius 1 is 0.880 bits per heavy atom. The maximum Gasteiger partial charge on any atom is 0.258 e. The summed E-state index contributed by atoms with van der Waals surface area (Å²) < 4.78 is 0. The van der Waals surface area contributed by atoms with Crippen molar-refractivity contribution in [2.75, 3.05) is 0 Å². The molecule has 6 heteroatoms. The number of nitrogens with one attached hydrogen (secondary N) is 1. The number of nitrogens with zero attached hydrogens (tertiary/aromatic N) is 2. The molecule has 0 atom stereocenters. The topological polar surface area (TPSA) is 49.0 Å². The van der Waals surface area contributed by atoms with Crippen LogP contribution in [0.4, 0.5) is 0 Å². The highest BCUT2D eigenvalue weighted by Gasteiger charge is 2.12. The van der Waals surface area contributed by atoms with Crippen molar-refractivity contribution >= 4 is 33.6 Å². The van der Waals surface area contributed by atoms with Gasteiger partial charge in [-0.3, -0.25) is 9.69 Å². The van der Waals surface area contributed by atoms with Crippen LogP contribution >= 0.6 is 22.7 Å². The van der Waals surface area contributed by atoms with Crippen LogP contribution in [0.1, 0.15) is 15.6 Å². The van der Waals surface area contributed by atoms with Gasteiger partial charge in [0.05, 0.1) is 17.4 Å². The molecule has 0 saturated carbocycles. The van der Waals surface area contributed by atoms with Crippen LogP contribution in [0.5, 0.6) is 0 Å². The van der Waals surface area contributed by atoms with Gasteiger partial charge in [-0.05, 0) is 35.0 Å². The minimum atomic E-state index is -0.0761. The molecule has 4 aromatic rings. The largest absolute Gasteiger partial charge is 0.309 e. The van der Waals surface area contributed by atoms with Gasteiger partial charge in [0.25, 0.3) is 5.56 Å². The first-order valence-electron chi connectivity index (χ1n) is 8.03. The second-order valence-electron chi connectivity index (χ2n) is 5.83. The highest BCUT2D eigenvalue weighted by molar-refractivity contribution is 7.10. The van der Waals surface area contributed by atoms with Crippen molar-refractivity contribution in [3.8, 4) is 0 Å². The normalized spacial score (nSPS) is 11.4. The number of hydrogen-bond acceptors (Lipinski definition) is 5. The lowest BCUT2D eigenvalue weighted by molar-refractivity contribution is 0.246. The number of fused-ring (bicyclic) bond motifs is 1. The van der Waals surface area contributed by atoms with Crippen molar-refractivity contribution in [1.82, 2.24) is 14.9 Å². The summed E-state index contributed by atoms with van der Waals surface area (Å²) in [6.45, 7) is 2.29. The summed E-state index contributed by atoms with van der Waals surface area (Å²) in [5.74, 6) is 0.705. The van der Waals surface area contributed by atoms with Gasteiger partial charge in [-0.1, -0.05) is 24.3 Å². The van der Waals surface area contributed by atoms with Crippen molar-refractivity contribution in [3.63, 3.8) is 0 Å². The molecule has 0 fully saturated rings. The maximum absolute atomic E-state index is 12.3. The quantitative estimate of drug-likeness (QED) is 0.554. The molecule has 4 nitrogen and oxygen atoms in total. The van der Waals surface area contributed by atoms with Crippen LogP contribution in [0.3, 0.4) is 0 Å². The van der Waals surface area contributed by atoms with E-state index >= 15 is 0 Å². The van der Waals surface area contributed by atoms with Crippen LogP contribution in [-0.2, 0) is 19.6 Å². The lowest BCUT2D eigenvalue weighted by Crippen LogP contribution is -2.24. The standard InChI is InChI=1S/C19H17N3OS2/c23-19-16-7-1-2-8-17(16)20-18(21-19)13-22(11-14-5-3-9-24-14)12-15-6-4-10-25-15/h1-10H,11-13H2,(H,20,21,23). The molecule has 0 unspecified atom stereocenters. The molecule has 0 saturated heterocycles. The lowest BCUT2D eigenvalue weighted by Gasteiger charge is -2.20. The van der Waals surface area contributed by atoms with Crippen molar-refractivity contribution in [2.45, 2.75) is 19.6 Å². The van der Waals surface area contributed by atoms with Crippen molar-refractivity contribution < 1.29 is 0 Å². The molecule has 0 aliphatic carbocycles. The van der Waals surface area contributed by atoms with Crippen molar-refractivity contribution in [3.05, 3.63) is 85.2 Å². The van der Waals surface area contributed by atoms with Crippen LogP contribution in [0, 0.1) is 0 Å². The second-order valence-corrected chi connectivity index (χ2v) is 7.90. The fraction of sp³-hybridized carbons (Fsp3) is 0.158. The number of H-pyrrole nitrogens is 1. The highest BCUT2D eigenvalue weighted by Crippen LogP contribution is 2.18. The third-order valence-electron chi connectivity index (χ3n) is 3.95. The smallest absolute Gasteiger partial charge is 0.258 e. The van der Waals surface area contributed by atoms with Crippen LogP contribution < -0.4 is 5.56 Å². The number of benzene rings is 1. The molecular formula is C19H17N3OS2. The Hall–Kier alpha value is -2.28. The van der Waals surface area contributed by atoms with Gasteiger partial charge in [0, 0.05) is 22.8 Å². The number of para-hydroxylation sites is 1. The van der Waals surface area contributed by atoms with Crippen molar-refractivity contribution in [1.29, 1.82) is 0 Å². The number of rotatable bonds is 6. The Morgan fingerprint density at radius 3 is 2.20 bits per heavy atom. The average molecular weight is 367 g/mol. The SMILES string of the molecule is O=c1[nH]c(CN(Cc2cccs2)Cc2cccs2)nc2ccccc12. The summed E-state index contributed by atoms with van der Waals surface area (Å²) >= 11 is 3.50. The van der Waals surface area contributed by atoms with E-state index in [-0.39, 0.29) is 5.56 Å².